The molecule has 124 valence electrons. The van der Waals surface area contributed by atoms with Crippen LogP contribution in [0.3, 0.4) is 0 Å². The van der Waals surface area contributed by atoms with E-state index in [1.54, 1.807) is 0 Å². The van der Waals surface area contributed by atoms with Crippen LogP contribution in [0.4, 0.5) is 4.79 Å². The molecule has 20 heavy (non-hydrogen) atoms. The number of aliphatic hydroxyl groups is 4. The van der Waals surface area contributed by atoms with Gasteiger partial charge in [0.05, 0.1) is 12.2 Å². The van der Waals surface area contributed by atoms with Gasteiger partial charge in [-0.3, -0.25) is 0 Å². The van der Waals surface area contributed by atoms with Crippen molar-refractivity contribution in [2.45, 2.75) is 37.9 Å². The minimum absolute atomic E-state index is 0.136. The molecule has 0 saturated heterocycles. The fourth-order valence-electron chi connectivity index (χ4n) is 0.890. The SMILES string of the molecule is NCC(O)CCCO.NCC(O)CCCO.O=C(O)O. The summed E-state index contributed by atoms with van der Waals surface area (Å²) in [5.41, 5.74) is 10.2. The molecule has 2 unspecified atom stereocenters. The van der Waals surface area contributed by atoms with Gasteiger partial charge in [0, 0.05) is 26.3 Å². The van der Waals surface area contributed by atoms with E-state index >= 15 is 0 Å². The van der Waals surface area contributed by atoms with Crippen molar-refractivity contribution in [3.05, 3.63) is 0 Å². The second kappa shape index (κ2) is 20.3. The van der Waals surface area contributed by atoms with Crippen molar-refractivity contribution in [3.8, 4) is 0 Å². The summed E-state index contributed by atoms with van der Waals surface area (Å²) < 4.78 is 0. The highest BCUT2D eigenvalue weighted by Crippen LogP contribution is 1.92. The van der Waals surface area contributed by atoms with Gasteiger partial charge in [0.25, 0.3) is 0 Å². The zero-order valence-corrected chi connectivity index (χ0v) is 11.6. The van der Waals surface area contributed by atoms with Gasteiger partial charge < -0.3 is 42.1 Å². The van der Waals surface area contributed by atoms with Crippen LogP contribution in [0.1, 0.15) is 25.7 Å². The number of nitrogens with two attached hydrogens (primary N) is 2. The van der Waals surface area contributed by atoms with E-state index in [4.69, 9.17) is 46.9 Å². The van der Waals surface area contributed by atoms with Gasteiger partial charge in [-0.05, 0) is 25.7 Å². The minimum atomic E-state index is -1.83. The van der Waals surface area contributed by atoms with Crippen LogP contribution in [0, 0.1) is 0 Å². The first-order valence-electron chi connectivity index (χ1n) is 6.25. The van der Waals surface area contributed by atoms with Crippen LogP contribution >= 0.6 is 0 Å². The standard InChI is InChI=1S/2C5H13NO2.CH2O3/c2*6-4-5(8)2-1-3-7;2-1(3)4/h2*5,7-8H,1-4,6H2;(H2,2,3,4). The lowest BCUT2D eigenvalue weighted by Gasteiger charge is -2.03. The Kier molecular flexibility index (Phi) is 24.5. The molecule has 0 spiro atoms. The second-order valence-electron chi connectivity index (χ2n) is 3.79. The molecule has 0 saturated carbocycles. The van der Waals surface area contributed by atoms with Crippen LogP contribution in [-0.4, -0.2) is 75.3 Å². The Labute approximate surface area is 118 Å². The Morgan fingerprint density at radius 1 is 0.850 bits per heavy atom. The van der Waals surface area contributed by atoms with Crippen molar-refractivity contribution in [2.24, 2.45) is 11.5 Å². The fraction of sp³-hybridized carbons (Fsp3) is 0.909. The van der Waals surface area contributed by atoms with Crippen LogP contribution in [0.25, 0.3) is 0 Å². The number of hydrogen-bond donors (Lipinski definition) is 8. The maximum atomic E-state index is 8.75. The molecule has 0 aliphatic heterocycles. The topological polar surface area (TPSA) is 190 Å². The molecule has 2 atom stereocenters. The summed E-state index contributed by atoms with van der Waals surface area (Å²) in [6, 6.07) is 0. The van der Waals surface area contributed by atoms with Crippen LogP contribution in [0.5, 0.6) is 0 Å². The van der Waals surface area contributed by atoms with E-state index in [2.05, 4.69) is 0 Å². The predicted octanol–water partition coefficient (Wildman–Crippen LogP) is -1.62. The Morgan fingerprint density at radius 3 is 1.25 bits per heavy atom. The highest BCUT2D eigenvalue weighted by Gasteiger charge is 1.97. The summed E-state index contributed by atoms with van der Waals surface area (Å²) in [5, 5.41) is 48.0. The summed E-state index contributed by atoms with van der Waals surface area (Å²) >= 11 is 0. The van der Waals surface area contributed by atoms with Crippen molar-refractivity contribution in [1.29, 1.82) is 0 Å². The number of rotatable bonds is 8. The third-order valence-electron chi connectivity index (χ3n) is 1.94. The molecule has 0 aliphatic carbocycles. The highest BCUT2D eigenvalue weighted by molar-refractivity contribution is 5.53. The maximum absolute atomic E-state index is 8.75. The van der Waals surface area contributed by atoms with Gasteiger partial charge in [-0.25, -0.2) is 4.79 Å². The number of carbonyl (C=O) groups is 1. The first kappa shape index (κ1) is 24.1. The third kappa shape index (κ3) is 36.0. The van der Waals surface area contributed by atoms with Crippen molar-refractivity contribution in [2.75, 3.05) is 26.3 Å². The van der Waals surface area contributed by atoms with Gasteiger partial charge in [-0.1, -0.05) is 0 Å². The Morgan fingerprint density at radius 2 is 1.10 bits per heavy atom. The molecule has 9 heteroatoms. The summed E-state index contributed by atoms with van der Waals surface area (Å²) in [5.74, 6) is 0. The average molecular weight is 300 g/mol. The molecule has 0 aliphatic rings. The first-order chi connectivity index (χ1) is 9.35. The van der Waals surface area contributed by atoms with Crippen molar-refractivity contribution < 1.29 is 35.4 Å². The van der Waals surface area contributed by atoms with E-state index in [9.17, 15) is 0 Å². The predicted molar refractivity (Wildman–Crippen MR) is 73.4 cm³/mol. The molecule has 0 aromatic heterocycles. The highest BCUT2D eigenvalue weighted by atomic mass is 16.6. The molecule has 0 aromatic rings. The molecule has 0 rings (SSSR count). The third-order valence-corrected chi connectivity index (χ3v) is 1.94. The zero-order chi connectivity index (χ0) is 16.4. The second-order valence-corrected chi connectivity index (χ2v) is 3.79. The van der Waals surface area contributed by atoms with E-state index in [0.717, 1.165) is 0 Å². The Hall–Kier alpha value is -0.970. The number of hydrogen-bond acceptors (Lipinski definition) is 7. The zero-order valence-electron chi connectivity index (χ0n) is 11.6. The smallest absolute Gasteiger partial charge is 0.450 e. The molecule has 0 fully saturated rings. The van der Waals surface area contributed by atoms with Gasteiger partial charge in [0.15, 0.2) is 0 Å². The van der Waals surface area contributed by atoms with Gasteiger partial charge in [-0.2, -0.15) is 0 Å². The summed E-state index contributed by atoms with van der Waals surface area (Å²) in [6.07, 6.45) is -0.208. The summed E-state index contributed by atoms with van der Waals surface area (Å²) in [4.78, 5) is 8.56. The lowest BCUT2D eigenvalue weighted by Crippen LogP contribution is -2.19. The number of aliphatic hydroxyl groups excluding tert-OH is 4. The van der Waals surface area contributed by atoms with Gasteiger partial charge in [-0.15, -0.1) is 0 Å². The lowest BCUT2D eigenvalue weighted by atomic mass is 10.2. The Balaban J connectivity index is -0.000000230. The van der Waals surface area contributed by atoms with E-state index in [1.165, 1.54) is 0 Å². The summed E-state index contributed by atoms with van der Waals surface area (Å²) in [6.45, 7) is 0.855. The Bertz CT molecular complexity index is 178. The fourth-order valence-corrected chi connectivity index (χ4v) is 0.890. The van der Waals surface area contributed by atoms with Crippen molar-refractivity contribution >= 4 is 6.16 Å². The van der Waals surface area contributed by atoms with Crippen LogP contribution in [0.2, 0.25) is 0 Å². The lowest BCUT2D eigenvalue weighted by molar-refractivity contribution is 0.137. The molecule has 10 N–H and O–H groups in total. The van der Waals surface area contributed by atoms with Gasteiger partial charge in [0.2, 0.25) is 0 Å². The molecule has 0 aromatic carbocycles. The van der Waals surface area contributed by atoms with Crippen LogP contribution < -0.4 is 11.5 Å². The van der Waals surface area contributed by atoms with Gasteiger partial charge >= 0.3 is 6.16 Å². The molecule has 9 nitrogen and oxygen atoms in total. The number of carboxylic acid groups (broad SMARTS) is 2. The molecule has 0 bridgehead atoms. The van der Waals surface area contributed by atoms with E-state index < -0.39 is 18.4 Å². The largest absolute Gasteiger partial charge is 0.503 e. The normalized spacial score (nSPS) is 12.3. The molecule has 0 radical (unpaired) electrons. The molecular formula is C11H28N2O7. The van der Waals surface area contributed by atoms with Crippen LogP contribution in [-0.2, 0) is 0 Å². The van der Waals surface area contributed by atoms with Crippen molar-refractivity contribution in [1.82, 2.24) is 0 Å². The average Bonchev–Trinajstić information content (AvgIpc) is 2.42. The maximum Gasteiger partial charge on any atom is 0.503 e. The summed E-state index contributed by atoms with van der Waals surface area (Å²) in [7, 11) is 0. The van der Waals surface area contributed by atoms with Crippen LogP contribution in [0.15, 0.2) is 0 Å². The van der Waals surface area contributed by atoms with Gasteiger partial charge in [0.1, 0.15) is 0 Å². The van der Waals surface area contributed by atoms with E-state index in [-0.39, 0.29) is 13.2 Å². The van der Waals surface area contributed by atoms with E-state index in [1.807, 2.05) is 0 Å². The molecule has 0 amide bonds. The quantitative estimate of drug-likeness (QED) is 0.260. The van der Waals surface area contributed by atoms with Crippen molar-refractivity contribution in [3.63, 3.8) is 0 Å². The first-order valence-corrected chi connectivity index (χ1v) is 6.25. The minimum Gasteiger partial charge on any atom is -0.450 e. The molecule has 0 heterocycles. The monoisotopic (exact) mass is 300 g/mol. The molecular weight excluding hydrogens is 272 g/mol. The van der Waals surface area contributed by atoms with E-state index in [0.29, 0.717) is 38.8 Å².